The van der Waals surface area contributed by atoms with Gasteiger partial charge < -0.3 is 4.74 Å². The summed E-state index contributed by atoms with van der Waals surface area (Å²) >= 11 is 4.90. The first-order chi connectivity index (χ1) is 5.18. The molecule has 0 bridgehead atoms. The molecule has 1 rings (SSSR count). The molecule has 0 amide bonds. The molecule has 0 atom stereocenters. The Morgan fingerprint density at radius 2 is 2.45 bits per heavy atom. The molecule has 0 radical (unpaired) electrons. The highest BCUT2D eigenvalue weighted by Gasteiger charge is 1.99. The monoisotopic (exact) mass is 235 g/mol. The minimum absolute atomic E-state index is 0.288. The van der Waals surface area contributed by atoms with E-state index in [1.807, 2.05) is 20.0 Å². The maximum absolute atomic E-state index is 5.39. The molecule has 0 N–H and O–H groups in total. The van der Waals surface area contributed by atoms with E-state index in [2.05, 4.69) is 20.9 Å². The van der Waals surface area contributed by atoms with Gasteiger partial charge in [0.2, 0.25) is 0 Å². The van der Waals surface area contributed by atoms with Crippen molar-refractivity contribution in [2.24, 2.45) is 0 Å². The molecular weight excluding hydrogens is 226 g/mol. The van der Waals surface area contributed by atoms with Crippen LogP contribution in [0.4, 0.5) is 0 Å². The van der Waals surface area contributed by atoms with Crippen molar-refractivity contribution in [2.45, 2.75) is 26.6 Å². The van der Waals surface area contributed by atoms with E-state index in [9.17, 15) is 0 Å². The fourth-order valence-corrected chi connectivity index (χ4v) is 1.88. The van der Waals surface area contributed by atoms with E-state index in [0.29, 0.717) is 6.61 Å². The van der Waals surface area contributed by atoms with Crippen LogP contribution in [-0.2, 0) is 11.3 Å². The highest BCUT2D eigenvalue weighted by molar-refractivity contribution is 9.11. The molecule has 1 heterocycles. The topological polar surface area (TPSA) is 22.1 Å². The van der Waals surface area contributed by atoms with E-state index in [1.54, 1.807) is 11.3 Å². The Labute approximate surface area is 78.7 Å². The van der Waals surface area contributed by atoms with E-state index in [1.165, 1.54) is 0 Å². The van der Waals surface area contributed by atoms with Crippen LogP contribution in [-0.4, -0.2) is 11.1 Å². The van der Waals surface area contributed by atoms with E-state index < -0.39 is 0 Å². The Hall–Kier alpha value is 0.0700. The molecule has 2 nitrogen and oxygen atoms in total. The van der Waals surface area contributed by atoms with Crippen LogP contribution in [0, 0.1) is 0 Å². The zero-order valence-corrected chi connectivity index (χ0v) is 8.91. The maximum atomic E-state index is 5.39. The second-order valence-electron chi connectivity index (χ2n) is 2.44. The Balaban J connectivity index is 2.39. The molecule has 0 saturated carbocycles. The first-order valence-electron chi connectivity index (χ1n) is 3.40. The number of aromatic nitrogens is 1. The summed E-state index contributed by atoms with van der Waals surface area (Å²) in [4.78, 5) is 5.21. The van der Waals surface area contributed by atoms with Crippen LogP contribution in [0.3, 0.4) is 0 Å². The summed E-state index contributed by atoms with van der Waals surface area (Å²) in [5.74, 6) is 0. The van der Waals surface area contributed by atoms with Gasteiger partial charge in [0.25, 0.3) is 0 Å². The molecule has 11 heavy (non-hydrogen) atoms. The lowest BCUT2D eigenvalue weighted by atomic mass is 10.5. The second-order valence-corrected chi connectivity index (χ2v) is 4.83. The molecule has 0 aromatic carbocycles. The molecule has 0 aliphatic heterocycles. The average Bonchev–Trinajstić information content (AvgIpc) is 2.31. The Bertz CT molecular complexity index is 224. The lowest BCUT2D eigenvalue weighted by molar-refractivity contribution is 0.0673. The van der Waals surface area contributed by atoms with Gasteiger partial charge in [-0.3, -0.25) is 0 Å². The van der Waals surface area contributed by atoms with Gasteiger partial charge in [-0.15, -0.1) is 11.3 Å². The van der Waals surface area contributed by atoms with Crippen LogP contribution in [0.1, 0.15) is 18.7 Å². The third kappa shape index (κ3) is 3.31. The first kappa shape index (κ1) is 9.16. The number of hydrogen-bond donors (Lipinski definition) is 0. The smallest absolute Gasteiger partial charge is 0.159 e. The molecule has 0 aliphatic rings. The van der Waals surface area contributed by atoms with E-state index in [0.717, 1.165) is 8.79 Å². The number of hydrogen-bond acceptors (Lipinski definition) is 3. The third-order valence-corrected chi connectivity index (χ3v) is 2.53. The van der Waals surface area contributed by atoms with Gasteiger partial charge in [0, 0.05) is 6.20 Å². The zero-order valence-electron chi connectivity index (χ0n) is 6.50. The molecule has 4 heteroatoms. The van der Waals surface area contributed by atoms with Crippen LogP contribution in [0.15, 0.2) is 10.1 Å². The Morgan fingerprint density at radius 1 is 1.73 bits per heavy atom. The van der Waals surface area contributed by atoms with Gasteiger partial charge in [-0.2, -0.15) is 0 Å². The lowest BCUT2D eigenvalue weighted by Gasteiger charge is -2.03. The number of nitrogens with zero attached hydrogens (tertiary/aromatic N) is 1. The fraction of sp³-hybridized carbons (Fsp3) is 0.571. The van der Waals surface area contributed by atoms with Gasteiger partial charge in [0.1, 0.15) is 0 Å². The summed E-state index contributed by atoms with van der Waals surface area (Å²) in [6.07, 6.45) is 2.12. The molecule has 0 spiro atoms. The highest BCUT2D eigenvalue weighted by Crippen LogP contribution is 2.19. The van der Waals surface area contributed by atoms with Crippen LogP contribution in [0.5, 0.6) is 0 Å². The van der Waals surface area contributed by atoms with Gasteiger partial charge >= 0.3 is 0 Å². The van der Waals surface area contributed by atoms with E-state index in [-0.39, 0.29) is 6.10 Å². The van der Waals surface area contributed by atoms with Gasteiger partial charge in [0.15, 0.2) is 3.92 Å². The predicted molar refractivity (Wildman–Crippen MR) is 49.7 cm³/mol. The van der Waals surface area contributed by atoms with E-state index in [4.69, 9.17) is 4.74 Å². The molecule has 0 saturated heterocycles. The number of thiazole rings is 1. The Morgan fingerprint density at radius 3 is 2.91 bits per heavy atom. The maximum Gasteiger partial charge on any atom is 0.159 e. The second kappa shape index (κ2) is 4.18. The predicted octanol–water partition coefficient (Wildman–Crippen LogP) is 2.83. The third-order valence-electron chi connectivity index (χ3n) is 1.08. The summed E-state index contributed by atoms with van der Waals surface area (Å²) < 4.78 is 6.31. The minimum Gasteiger partial charge on any atom is -0.373 e. The SMILES string of the molecule is CC(C)OCc1cnc(Br)s1. The van der Waals surface area contributed by atoms with Crippen molar-refractivity contribution in [3.63, 3.8) is 0 Å². The van der Waals surface area contributed by atoms with Gasteiger partial charge in [0.05, 0.1) is 17.6 Å². The first-order valence-corrected chi connectivity index (χ1v) is 5.01. The molecule has 1 aromatic heterocycles. The normalized spacial score (nSPS) is 10.9. The van der Waals surface area contributed by atoms with Crippen molar-refractivity contribution in [3.8, 4) is 0 Å². The molecule has 0 fully saturated rings. The summed E-state index contributed by atoms with van der Waals surface area (Å²) in [6, 6.07) is 0. The Kier molecular flexibility index (Phi) is 3.48. The molecular formula is C7H10BrNOS. The number of rotatable bonds is 3. The molecule has 1 aromatic rings. The molecule has 62 valence electrons. The quantitative estimate of drug-likeness (QED) is 0.805. The van der Waals surface area contributed by atoms with E-state index >= 15 is 0 Å². The molecule has 0 unspecified atom stereocenters. The lowest BCUT2D eigenvalue weighted by Crippen LogP contribution is -2.00. The summed E-state index contributed by atoms with van der Waals surface area (Å²) in [5.41, 5.74) is 0. The van der Waals surface area contributed by atoms with Crippen LogP contribution >= 0.6 is 27.3 Å². The van der Waals surface area contributed by atoms with Gasteiger partial charge in [-0.1, -0.05) is 0 Å². The van der Waals surface area contributed by atoms with Crippen molar-refractivity contribution < 1.29 is 4.74 Å². The summed E-state index contributed by atoms with van der Waals surface area (Å²) in [6.45, 7) is 4.72. The summed E-state index contributed by atoms with van der Waals surface area (Å²) in [7, 11) is 0. The van der Waals surface area contributed by atoms with Crippen molar-refractivity contribution in [3.05, 3.63) is 15.0 Å². The van der Waals surface area contributed by atoms with Crippen molar-refractivity contribution in [1.29, 1.82) is 0 Å². The van der Waals surface area contributed by atoms with Gasteiger partial charge in [-0.25, -0.2) is 4.98 Å². The average molecular weight is 236 g/mol. The van der Waals surface area contributed by atoms with Crippen LogP contribution in [0.25, 0.3) is 0 Å². The van der Waals surface area contributed by atoms with Crippen LogP contribution < -0.4 is 0 Å². The van der Waals surface area contributed by atoms with Crippen molar-refractivity contribution in [2.75, 3.05) is 0 Å². The fourth-order valence-electron chi connectivity index (χ4n) is 0.599. The van der Waals surface area contributed by atoms with Gasteiger partial charge in [-0.05, 0) is 29.8 Å². The van der Waals surface area contributed by atoms with Crippen LogP contribution in [0.2, 0.25) is 0 Å². The number of ether oxygens (including phenoxy) is 1. The summed E-state index contributed by atoms with van der Waals surface area (Å²) in [5, 5.41) is 0. The highest BCUT2D eigenvalue weighted by atomic mass is 79.9. The number of halogens is 1. The molecule has 0 aliphatic carbocycles. The zero-order chi connectivity index (χ0) is 8.27. The standard InChI is InChI=1S/C7H10BrNOS/c1-5(2)10-4-6-3-9-7(8)11-6/h3,5H,4H2,1-2H3. The minimum atomic E-state index is 0.288. The van der Waals surface area contributed by atoms with Crippen molar-refractivity contribution >= 4 is 27.3 Å². The largest absolute Gasteiger partial charge is 0.373 e. The van der Waals surface area contributed by atoms with Crippen molar-refractivity contribution in [1.82, 2.24) is 4.98 Å².